The minimum absolute atomic E-state index is 0.0503. The summed E-state index contributed by atoms with van der Waals surface area (Å²) in [6.45, 7) is 0. The third-order valence-electron chi connectivity index (χ3n) is 3.18. The number of carbonyl (C=O) groups is 1. The first-order valence-corrected chi connectivity index (χ1v) is 10.7. The van der Waals surface area contributed by atoms with Crippen LogP contribution < -0.4 is 23.7 Å². The number of aromatic nitrogens is 3. The molecule has 2 amide bonds. The number of hydrogen-bond donors (Lipinski definition) is 2. The van der Waals surface area contributed by atoms with Gasteiger partial charge in [0.15, 0.2) is 5.75 Å². The Labute approximate surface area is 172 Å². The molecule has 0 spiro atoms. The SMILES string of the molecule is COc1cc(OC)nc(NC(=O)NS(=O)(=O)c2ncccc2OS(=O)(=O)N(C)C)n1. The number of urea groups is 1. The normalized spacial score (nSPS) is 11.6. The van der Waals surface area contributed by atoms with E-state index >= 15 is 0 Å². The van der Waals surface area contributed by atoms with Crippen LogP contribution in [0, 0.1) is 0 Å². The van der Waals surface area contributed by atoms with Gasteiger partial charge in [0, 0.05) is 20.3 Å². The van der Waals surface area contributed by atoms with Crippen molar-refractivity contribution in [3.05, 3.63) is 24.4 Å². The molecule has 0 atom stereocenters. The van der Waals surface area contributed by atoms with Crippen molar-refractivity contribution in [2.45, 2.75) is 5.03 Å². The molecule has 0 bridgehead atoms. The summed E-state index contributed by atoms with van der Waals surface area (Å²) in [6, 6.07) is 2.41. The molecular weight excluding hydrogens is 444 g/mol. The second-order valence-corrected chi connectivity index (χ2v) is 8.82. The molecule has 2 aromatic heterocycles. The summed E-state index contributed by atoms with van der Waals surface area (Å²) in [7, 11) is -3.90. The van der Waals surface area contributed by atoms with E-state index in [0.717, 1.165) is 16.6 Å². The molecule has 0 aliphatic carbocycles. The maximum atomic E-state index is 12.5. The molecule has 30 heavy (non-hydrogen) atoms. The molecule has 2 heterocycles. The highest BCUT2D eigenvalue weighted by Crippen LogP contribution is 2.23. The molecule has 0 aromatic carbocycles. The molecule has 2 N–H and O–H groups in total. The highest BCUT2D eigenvalue weighted by molar-refractivity contribution is 7.90. The van der Waals surface area contributed by atoms with Crippen LogP contribution in [0.25, 0.3) is 0 Å². The van der Waals surface area contributed by atoms with Gasteiger partial charge in [0.2, 0.25) is 22.7 Å². The monoisotopic (exact) mass is 462 g/mol. The average Bonchev–Trinajstić information content (AvgIpc) is 2.66. The number of sulfonamides is 1. The van der Waals surface area contributed by atoms with Gasteiger partial charge in [0.1, 0.15) is 0 Å². The second-order valence-electron chi connectivity index (χ2n) is 5.47. The summed E-state index contributed by atoms with van der Waals surface area (Å²) in [6.07, 6.45) is 1.08. The lowest BCUT2D eigenvalue weighted by molar-refractivity contribution is 0.256. The van der Waals surface area contributed by atoms with Gasteiger partial charge in [0.05, 0.1) is 20.3 Å². The van der Waals surface area contributed by atoms with Crippen LogP contribution >= 0.6 is 0 Å². The number of amides is 2. The molecule has 0 aliphatic heterocycles. The smallest absolute Gasteiger partial charge is 0.384 e. The van der Waals surface area contributed by atoms with E-state index in [4.69, 9.17) is 13.7 Å². The summed E-state index contributed by atoms with van der Waals surface area (Å²) in [5.41, 5.74) is 0. The molecule has 16 heteroatoms. The predicted octanol–water partition coefficient (Wildman–Crippen LogP) is -0.416. The summed E-state index contributed by atoms with van der Waals surface area (Å²) in [4.78, 5) is 23.4. The van der Waals surface area contributed by atoms with Crippen molar-refractivity contribution in [2.75, 3.05) is 33.6 Å². The van der Waals surface area contributed by atoms with Crippen LogP contribution in [0.15, 0.2) is 29.4 Å². The average molecular weight is 462 g/mol. The lowest BCUT2D eigenvalue weighted by atomic mass is 10.5. The third kappa shape index (κ3) is 5.65. The van der Waals surface area contributed by atoms with E-state index in [2.05, 4.69) is 20.3 Å². The van der Waals surface area contributed by atoms with Gasteiger partial charge < -0.3 is 13.7 Å². The summed E-state index contributed by atoms with van der Waals surface area (Å²) in [5, 5.41) is 1.27. The Balaban J connectivity index is 2.26. The van der Waals surface area contributed by atoms with E-state index in [0.29, 0.717) is 0 Å². The Kier molecular flexibility index (Phi) is 6.96. The van der Waals surface area contributed by atoms with Gasteiger partial charge in [-0.05, 0) is 12.1 Å². The number of pyridine rings is 1. The Morgan fingerprint density at radius 1 is 1.07 bits per heavy atom. The van der Waals surface area contributed by atoms with Crippen molar-refractivity contribution in [1.29, 1.82) is 0 Å². The maximum Gasteiger partial charge on any atom is 0.384 e. The predicted molar refractivity (Wildman–Crippen MR) is 102 cm³/mol. The molecule has 0 fully saturated rings. The highest BCUT2D eigenvalue weighted by atomic mass is 32.2. The van der Waals surface area contributed by atoms with E-state index in [1.54, 1.807) is 4.72 Å². The van der Waals surface area contributed by atoms with Crippen LogP contribution in [0.5, 0.6) is 17.5 Å². The number of ether oxygens (including phenoxy) is 2. The summed E-state index contributed by atoms with van der Waals surface area (Å²) >= 11 is 0. The zero-order valence-electron chi connectivity index (χ0n) is 16.2. The molecule has 0 unspecified atom stereocenters. The first-order chi connectivity index (χ1) is 14.0. The fourth-order valence-corrected chi connectivity index (χ4v) is 3.32. The maximum absolute atomic E-state index is 12.5. The largest absolute Gasteiger partial charge is 0.481 e. The van der Waals surface area contributed by atoms with E-state index in [1.165, 1.54) is 40.4 Å². The first-order valence-electron chi connectivity index (χ1n) is 7.86. The van der Waals surface area contributed by atoms with Gasteiger partial charge in [-0.2, -0.15) is 31.1 Å². The molecule has 0 saturated heterocycles. The van der Waals surface area contributed by atoms with Crippen LogP contribution in [-0.2, 0) is 20.3 Å². The van der Waals surface area contributed by atoms with Gasteiger partial charge in [-0.1, -0.05) is 0 Å². The topological polar surface area (TPSA) is 179 Å². The van der Waals surface area contributed by atoms with Crippen LogP contribution in [0.4, 0.5) is 10.7 Å². The summed E-state index contributed by atoms with van der Waals surface area (Å²) < 4.78 is 65.9. The van der Waals surface area contributed by atoms with Gasteiger partial charge >= 0.3 is 16.3 Å². The molecule has 14 nitrogen and oxygen atoms in total. The molecule has 0 radical (unpaired) electrons. The number of anilines is 1. The Bertz CT molecular complexity index is 1110. The molecule has 0 saturated carbocycles. The number of nitrogens with zero attached hydrogens (tertiary/aromatic N) is 4. The van der Waals surface area contributed by atoms with Gasteiger partial charge in [-0.3, -0.25) is 5.32 Å². The van der Waals surface area contributed by atoms with Crippen molar-refractivity contribution in [3.8, 4) is 17.5 Å². The number of hydrogen-bond acceptors (Lipinski definition) is 11. The van der Waals surface area contributed by atoms with E-state index in [9.17, 15) is 21.6 Å². The quantitative estimate of drug-likeness (QED) is 0.520. The van der Waals surface area contributed by atoms with Gasteiger partial charge in [0.25, 0.3) is 10.0 Å². The Morgan fingerprint density at radius 3 is 2.20 bits per heavy atom. The van der Waals surface area contributed by atoms with E-state index < -0.39 is 37.1 Å². The Hall–Kier alpha value is -3.24. The van der Waals surface area contributed by atoms with Crippen LogP contribution in [0.2, 0.25) is 0 Å². The van der Waals surface area contributed by atoms with Gasteiger partial charge in [-0.25, -0.2) is 14.5 Å². The zero-order chi connectivity index (χ0) is 22.5. The number of methoxy groups -OCH3 is 2. The third-order valence-corrected chi connectivity index (χ3v) is 5.74. The first kappa shape index (κ1) is 23.0. The minimum Gasteiger partial charge on any atom is -0.481 e. The van der Waals surface area contributed by atoms with Crippen molar-refractivity contribution >= 4 is 32.3 Å². The number of carbonyl (C=O) groups excluding carboxylic acids is 1. The van der Waals surface area contributed by atoms with Gasteiger partial charge in [-0.15, -0.1) is 0 Å². The zero-order valence-corrected chi connectivity index (χ0v) is 17.8. The van der Waals surface area contributed by atoms with Crippen molar-refractivity contribution in [2.24, 2.45) is 0 Å². The Morgan fingerprint density at radius 2 is 1.67 bits per heavy atom. The lowest BCUT2D eigenvalue weighted by Gasteiger charge is -2.14. The van der Waals surface area contributed by atoms with Crippen molar-refractivity contribution < 1.29 is 35.3 Å². The number of rotatable bonds is 8. The fraction of sp³-hybridized carbons (Fsp3) is 0.286. The fourth-order valence-electron chi connectivity index (χ4n) is 1.80. The summed E-state index contributed by atoms with van der Waals surface area (Å²) in [5.74, 6) is -0.819. The molecule has 2 rings (SSSR count). The highest BCUT2D eigenvalue weighted by Gasteiger charge is 2.28. The van der Waals surface area contributed by atoms with Crippen molar-refractivity contribution in [3.63, 3.8) is 0 Å². The molecule has 164 valence electrons. The molecule has 0 aliphatic rings. The molecular formula is C14H18N6O8S2. The van der Waals surface area contributed by atoms with Crippen molar-refractivity contribution in [1.82, 2.24) is 24.0 Å². The van der Waals surface area contributed by atoms with E-state index in [1.807, 2.05) is 0 Å². The van der Waals surface area contributed by atoms with Crippen LogP contribution in [0.3, 0.4) is 0 Å². The minimum atomic E-state index is -4.64. The van der Waals surface area contributed by atoms with Crippen LogP contribution in [0.1, 0.15) is 0 Å². The molecule has 2 aromatic rings. The standard InChI is InChI=1S/C14H18N6O8S2/c1-20(2)30(24,25)28-9-6-5-7-15-12(9)29(22,23)19-14(21)18-13-16-10(26-3)8-11(17-13)27-4/h5-8H,1-4H3,(H2,16,17,18,19,21). The number of nitrogens with one attached hydrogen (secondary N) is 2. The van der Waals surface area contributed by atoms with Crippen LogP contribution in [-0.4, -0.2) is 70.4 Å². The lowest BCUT2D eigenvalue weighted by Crippen LogP contribution is -2.36. The second kappa shape index (κ2) is 9.06. The van der Waals surface area contributed by atoms with E-state index in [-0.39, 0.29) is 17.7 Å².